The molecule has 0 radical (unpaired) electrons. The van der Waals surface area contributed by atoms with Gasteiger partial charge in [-0.25, -0.2) is 0 Å². The molecule has 0 saturated carbocycles. The van der Waals surface area contributed by atoms with Crippen molar-refractivity contribution in [1.82, 2.24) is 10.2 Å². The highest BCUT2D eigenvalue weighted by molar-refractivity contribution is 5.33. The molecule has 0 spiro atoms. The molecular formula is C17H25N3. The summed E-state index contributed by atoms with van der Waals surface area (Å²) >= 11 is 0. The number of hydrogen-bond donors (Lipinski definition) is 1. The van der Waals surface area contributed by atoms with Gasteiger partial charge >= 0.3 is 0 Å². The van der Waals surface area contributed by atoms with Crippen molar-refractivity contribution in [3.63, 3.8) is 0 Å². The lowest BCUT2D eigenvalue weighted by molar-refractivity contribution is 0.0636. The highest BCUT2D eigenvalue weighted by Crippen LogP contribution is 2.37. The molecule has 2 atom stereocenters. The molecule has 1 N–H and O–H groups in total. The molecule has 1 aromatic rings. The van der Waals surface area contributed by atoms with Gasteiger partial charge in [0, 0.05) is 12.1 Å². The molecule has 3 heteroatoms. The van der Waals surface area contributed by atoms with Crippen LogP contribution in [-0.4, -0.2) is 31.1 Å². The Balaban J connectivity index is 2.30. The first-order valence-corrected chi connectivity index (χ1v) is 7.57. The highest BCUT2D eigenvalue weighted by atomic mass is 15.2. The second-order valence-electron chi connectivity index (χ2n) is 5.97. The third-order valence-electron chi connectivity index (χ3n) is 4.31. The van der Waals surface area contributed by atoms with E-state index in [1.165, 1.54) is 24.9 Å². The van der Waals surface area contributed by atoms with Gasteiger partial charge in [-0.15, -0.1) is 0 Å². The van der Waals surface area contributed by atoms with Crippen LogP contribution in [0.5, 0.6) is 0 Å². The van der Waals surface area contributed by atoms with Crippen LogP contribution in [0, 0.1) is 17.2 Å². The third-order valence-corrected chi connectivity index (χ3v) is 4.31. The fourth-order valence-corrected chi connectivity index (χ4v) is 3.38. The summed E-state index contributed by atoms with van der Waals surface area (Å²) in [4.78, 5) is 2.60. The number of nitriles is 1. The summed E-state index contributed by atoms with van der Waals surface area (Å²) < 4.78 is 0. The maximum absolute atomic E-state index is 8.94. The maximum atomic E-state index is 8.94. The molecule has 3 nitrogen and oxygen atoms in total. The number of piperidine rings is 1. The van der Waals surface area contributed by atoms with Crippen molar-refractivity contribution < 1.29 is 0 Å². The Morgan fingerprint density at radius 2 is 2.05 bits per heavy atom. The van der Waals surface area contributed by atoms with Crippen molar-refractivity contribution in [2.75, 3.05) is 20.1 Å². The van der Waals surface area contributed by atoms with Crippen LogP contribution in [0.2, 0.25) is 0 Å². The van der Waals surface area contributed by atoms with Crippen molar-refractivity contribution in [1.29, 1.82) is 5.26 Å². The summed E-state index contributed by atoms with van der Waals surface area (Å²) in [7, 11) is 2.03. The first-order chi connectivity index (χ1) is 9.67. The summed E-state index contributed by atoms with van der Waals surface area (Å²) in [5, 5.41) is 12.3. The monoisotopic (exact) mass is 271 g/mol. The zero-order valence-corrected chi connectivity index (χ0v) is 12.8. The van der Waals surface area contributed by atoms with Crippen LogP contribution in [0.4, 0.5) is 0 Å². The van der Waals surface area contributed by atoms with Crippen LogP contribution < -0.4 is 5.32 Å². The van der Waals surface area contributed by atoms with Gasteiger partial charge in [-0.1, -0.05) is 12.1 Å². The van der Waals surface area contributed by atoms with E-state index in [2.05, 4.69) is 42.3 Å². The van der Waals surface area contributed by atoms with Gasteiger partial charge in [-0.2, -0.15) is 5.26 Å². The molecule has 2 unspecified atom stereocenters. The van der Waals surface area contributed by atoms with E-state index < -0.39 is 0 Å². The lowest BCUT2D eigenvalue weighted by Crippen LogP contribution is -2.45. The number of rotatable bonds is 4. The minimum Gasteiger partial charge on any atom is -0.319 e. The van der Waals surface area contributed by atoms with Gasteiger partial charge < -0.3 is 5.32 Å². The normalized spacial score (nSPS) is 23.8. The zero-order chi connectivity index (χ0) is 14.5. The Labute approximate surface area is 122 Å². The number of nitrogens with one attached hydrogen (secondary N) is 1. The Morgan fingerprint density at radius 1 is 1.35 bits per heavy atom. The fourth-order valence-electron chi connectivity index (χ4n) is 3.38. The lowest BCUT2D eigenvalue weighted by atomic mass is 9.83. The number of hydrogen-bond acceptors (Lipinski definition) is 3. The van der Waals surface area contributed by atoms with E-state index in [0.717, 1.165) is 12.1 Å². The van der Waals surface area contributed by atoms with Crippen LogP contribution in [0.1, 0.15) is 43.9 Å². The topological polar surface area (TPSA) is 39.1 Å². The Kier molecular flexibility index (Phi) is 5.17. The molecule has 1 aliphatic heterocycles. The molecule has 0 amide bonds. The van der Waals surface area contributed by atoms with Gasteiger partial charge in [0.25, 0.3) is 0 Å². The smallest absolute Gasteiger partial charge is 0.0991 e. The van der Waals surface area contributed by atoms with Gasteiger partial charge in [0.2, 0.25) is 0 Å². The van der Waals surface area contributed by atoms with Crippen molar-refractivity contribution in [3.05, 3.63) is 35.4 Å². The lowest BCUT2D eigenvalue weighted by Gasteiger charge is -2.44. The highest BCUT2D eigenvalue weighted by Gasteiger charge is 2.33. The first-order valence-electron chi connectivity index (χ1n) is 7.57. The molecule has 2 rings (SSSR count). The predicted octanol–water partition coefficient (Wildman–Crippen LogP) is 2.94. The zero-order valence-electron chi connectivity index (χ0n) is 12.8. The van der Waals surface area contributed by atoms with Crippen LogP contribution >= 0.6 is 0 Å². The molecule has 20 heavy (non-hydrogen) atoms. The largest absolute Gasteiger partial charge is 0.319 e. The van der Waals surface area contributed by atoms with E-state index >= 15 is 0 Å². The Bertz CT molecular complexity index is 456. The molecule has 1 heterocycles. The van der Waals surface area contributed by atoms with E-state index in [1.807, 2.05) is 19.2 Å². The molecule has 1 fully saturated rings. The molecule has 0 aromatic heterocycles. The van der Waals surface area contributed by atoms with Gasteiger partial charge in [-0.3, -0.25) is 4.90 Å². The van der Waals surface area contributed by atoms with Crippen molar-refractivity contribution in [2.24, 2.45) is 5.92 Å². The summed E-state index contributed by atoms with van der Waals surface area (Å²) in [6, 6.07) is 11.4. The molecule has 0 bridgehead atoms. The molecular weight excluding hydrogens is 246 g/mol. The average Bonchev–Trinajstić information content (AvgIpc) is 2.47. The van der Waals surface area contributed by atoms with Gasteiger partial charge in [-0.05, 0) is 70.4 Å². The standard InChI is InChI=1S/C17H25N3/c1-13(2)20-10-4-5-16(12-19-3)17(20)15-8-6-14(11-18)7-9-15/h6-9,13,16-17,19H,4-5,10,12H2,1-3H3. The minimum atomic E-state index is 0.462. The van der Waals surface area contributed by atoms with E-state index in [1.54, 1.807) is 0 Å². The number of nitrogens with zero attached hydrogens (tertiary/aromatic N) is 2. The van der Waals surface area contributed by atoms with Crippen molar-refractivity contribution in [2.45, 2.75) is 38.8 Å². The number of likely N-dealkylation sites (tertiary alicyclic amines) is 1. The summed E-state index contributed by atoms with van der Waals surface area (Å²) in [6.45, 7) is 6.77. The Morgan fingerprint density at radius 3 is 2.60 bits per heavy atom. The van der Waals surface area contributed by atoms with E-state index in [-0.39, 0.29) is 0 Å². The Hall–Kier alpha value is -1.37. The molecule has 1 aliphatic rings. The average molecular weight is 271 g/mol. The number of benzene rings is 1. The maximum Gasteiger partial charge on any atom is 0.0991 e. The quantitative estimate of drug-likeness (QED) is 0.915. The van der Waals surface area contributed by atoms with Crippen LogP contribution in [0.15, 0.2) is 24.3 Å². The minimum absolute atomic E-state index is 0.462. The third kappa shape index (κ3) is 3.20. The predicted molar refractivity (Wildman–Crippen MR) is 82.4 cm³/mol. The van der Waals surface area contributed by atoms with E-state index in [0.29, 0.717) is 18.0 Å². The van der Waals surface area contributed by atoms with Gasteiger partial charge in [0.05, 0.1) is 11.6 Å². The first kappa shape index (κ1) is 15.0. The summed E-state index contributed by atoms with van der Waals surface area (Å²) in [5.41, 5.74) is 2.09. The molecule has 0 aliphatic carbocycles. The fraction of sp³-hybridized carbons (Fsp3) is 0.588. The van der Waals surface area contributed by atoms with Crippen molar-refractivity contribution in [3.8, 4) is 6.07 Å². The van der Waals surface area contributed by atoms with E-state index in [4.69, 9.17) is 5.26 Å². The second-order valence-corrected chi connectivity index (χ2v) is 5.97. The molecule has 1 saturated heterocycles. The van der Waals surface area contributed by atoms with E-state index in [9.17, 15) is 0 Å². The van der Waals surface area contributed by atoms with Gasteiger partial charge in [0.1, 0.15) is 0 Å². The van der Waals surface area contributed by atoms with Crippen LogP contribution in [0.25, 0.3) is 0 Å². The van der Waals surface area contributed by atoms with Crippen LogP contribution in [0.3, 0.4) is 0 Å². The summed E-state index contributed by atoms with van der Waals surface area (Å²) in [6.07, 6.45) is 2.55. The SMILES string of the molecule is CNCC1CCCN(C(C)C)C1c1ccc(C#N)cc1. The van der Waals surface area contributed by atoms with Crippen LogP contribution in [-0.2, 0) is 0 Å². The second kappa shape index (κ2) is 6.88. The summed E-state index contributed by atoms with van der Waals surface area (Å²) in [5.74, 6) is 0.643. The molecule has 1 aromatic carbocycles. The molecule has 108 valence electrons. The van der Waals surface area contributed by atoms with Crippen molar-refractivity contribution >= 4 is 0 Å². The van der Waals surface area contributed by atoms with Gasteiger partial charge in [0.15, 0.2) is 0 Å².